The number of amides is 1. The van der Waals surface area contributed by atoms with Gasteiger partial charge in [-0.25, -0.2) is 4.79 Å². The molecule has 0 aromatic heterocycles. The van der Waals surface area contributed by atoms with Crippen LogP contribution in [-0.2, 0) is 20.7 Å². The first-order valence-corrected chi connectivity index (χ1v) is 5.22. The van der Waals surface area contributed by atoms with Crippen LogP contribution in [-0.4, -0.2) is 25.0 Å². The van der Waals surface area contributed by atoms with Crippen molar-refractivity contribution in [1.29, 1.82) is 0 Å². The number of methoxy groups -OCH3 is 1. The van der Waals surface area contributed by atoms with Crippen molar-refractivity contribution in [2.24, 2.45) is 0 Å². The van der Waals surface area contributed by atoms with E-state index in [9.17, 15) is 9.59 Å². The lowest BCUT2D eigenvalue weighted by Crippen LogP contribution is -2.41. The zero-order chi connectivity index (χ0) is 12.8. The normalized spacial score (nSPS) is 11.6. The van der Waals surface area contributed by atoms with Crippen molar-refractivity contribution < 1.29 is 14.3 Å². The van der Waals surface area contributed by atoms with E-state index in [0.29, 0.717) is 12.1 Å². The van der Waals surface area contributed by atoms with Gasteiger partial charge < -0.3 is 15.8 Å². The molecule has 0 heterocycles. The van der Waals surface area contributed by atoms with E-state index < -0.39 is 12.0 Å². The highest BCUT2D eigenvalue weighted by Crippen LogP contribution is 2.09. The van der Waals surface area contributed by atoms with Crippen molar-refractivity contribution in [3.05, 3.63) is 29.8 Å². The van der Waals surface area contributed by atoms with Crippen LogP contribution in [0.25, 0.3) is 0 Å². The minimum Gasteiger partial charge on any atom is -0.467 e. The molecule has 5 nitrogen and oxygen atoms in total. The molecule has 1 aromatic carbocycles. The van der Waals surface area contributed by atoms with Gasteiger partial charge in [-0.3, -0.25) is 4.79 Å². The molecule has 0 saturated heterocycles. The van der Waals surface area contributed by atoms with Gasteiger partial charge in [-0.1, -0.05) is 12.1 Å². The fraction of sp³-hybridized carbons (Fsp3) is 0.333. The summed E-state index contributed by atoms with van der Waals surface area (Å²) in [7, 11) is 1.29. The van der Waals surface area contributed by atoms with Gasteiger partial charge in [-0.05, 0) is 17.7 Å². The second-order valence-corrected chi connectivity index (χ2v) is 3.73. The SMILES string of the molecule is COC(=O)[C@H](Cc1cccc(N)c1)NC(C)=O. The van der Waals surface area contributed by atoms with Gasteiger partial charge in [0.15, 0.2) is 0 Å². The number of carbonyl (C=O) groups is 2. The second-order valence-electron chi connectivity index (χ2n) is 3.73. The number of nitrogen functional groups attached to an aromatic ring is 1. The molecule has 17 heavy (non-hydrogen) atoms. The molecule has 0 saturated carbocycles. The molecular weight excluding hydrogens is 220 g/mol. The van der Waals surface area contributed by atoms with Crippen molar-refractivity contribution in [2.45, 2.75) is 19.4 Å². The number of nitrogens with two attached hydrogens (primary N) is 1. The lowest BCUT2D eigenvalue weighted by atomic mass is 10.1. The average Bonchev–Trinajstić information content (AvgIpc) is 2.26. The molecule has 0 unspecified atom stereocenters. The zero-order valence-corrected chi connectivity index (χ0v) is 9.90. The lowest BCUT2D eigenvalue weighted by Gasteiger charge is -2.15. The summed E-state index contributed by atoms with van der Waals surface area (Å²) < 4.78 is 4.63. The molecule has 0 fully saturated rings. The summed E-state index contributed by atoms with van der Waals surface area (Å²) in [4.78, 5) is 22.5. The number of nitrogens with one attached hydrogen (secondary N) is 1. The molecule has 1 rings (SSSR count). The minimum atomic E-state index is -0.681. The molecule has 5 heteroatoms. The van der Waals surface area contributed by atoms with Gasteiger partial charge in [-0.2, -0.15) is 0 Å². The first-order chi connectivity index (χ1) is 8.02. The van der Waals surface area contributed by atoms with Gasteiger partial charge in [0.05, 0.1) is 7.11 Å². The number of hydrogen-bond acceptors (Lipinski definition) is 4. The number of carbonyl (C=O) groups excluding carboxylic acids is 2. The summed E-state index contributed by atoms with van der Waals surface area (Å²) in [5.41, 5.74) is 7.13. The summed E-state index contributed by atoms with van der Waals surface area (Å²) in [6.07, 6.45) is 0.358. The monoisotopic (exact) mass is 236 g/mol. The summed E-state index contributed by atoms with van der Waals surface area (Å²) in [6, 6.07) is 6.48. The van der Waals surface area contributed by atoms with Gasteiger partial charge in [0.1, 0.15) is 6.04 Å². The molecule has 0 bridgehead atoms. The van der Waals surface area contributed by atoms with E-state index in [4.69, 9.17) is 5.73 Å². The third-order valence-electron chi connectivity index (χ3n) is 2.25. The third kappa shape index (κ3) is 4.14. The molecule has 0 aliphatic heterocycles. The van der Waals surface area contributed by atoms with Crippen molar-refractivity contribution in [3.8, 4) is 0 Å². The Balaban J connectivity index is 2.78. The largest absolute Gasteiger partial charge is 0.467 e. The molecule has 1 amide bonds. The average molecular weight is 236 g/mol. The maximum absolute atomic E-state index is 11.5. The van der Waals surface area contributed by atoms with Gasteiger partial charge >= 0.3 is 5.97 Å². The van der Waals surface area contributed by atoms with Crippen LogP contribution in [0.3, 0.4) is 0 Å². The van der Waals surface area contributed by atoms with Gasteiger partial charge in [0.25, 0.3) is 0 Å². The maximum atomic E-state index is 11.5. The van der Waals surface area contributed by atoms with Crippen LogP contribution >= 0.6 is 0 Å². The maximum Gasteiger partial charge on any atom is 0.328 e. The molecule has 0 radical (unpaired) electrons. The number of benzene rings is 1. The molecule has 0 aliphatic rings. The van der Waals surface area contributed by atoms with Crippen LogP contribution in [0.2, 0.25) is 0 Å². The quantitative estimate of drug-likeness (QED) is 0.589. The lowest BCUT2D eigenvalue weighted by molar-refractivity contribution is -0.144. The highest BCUT2D eigenvalue weighted by atomic mass is 16.5. The van der Waals surface area contributed by atoms with E-state index in [1.807, 2.05) is 6.07 Å². The Morgan fingerprint density at radius 3 is 2.71 bits per heavy atom. The number of ether oxygens (including phenoxy) is 1. The fourth-order valence-corrected chi connectivity index (χ4v) is 1.54. The molecule has 0 spiro atoms. The fourth-order valence-electron chi connectivity index (χ4n) is 1.54. The van der Waals surface area contributed by atoms with Crippen molar-refractivity contribution in [1.82, 2.24) is 5.32 Å². The predicted molar refractivity (Wildman–Crippen MR) is 64.2 cm³/mol. The van der Waals surface area contributed by atoms with Crippen molar-refractivity contribution in [2.75, 3.05) is 12.8 Å². The van der Waals surface area contributed by atoms with E-state index in [1.54, 1.807) is 18.2 Å². The Hall–Kier alpha value is -2.04. The van der Waals surface area contributed by atoms with Crippen LogP contribution in [0.5, 0.6) is 0 Å². The van der Waals surface area contributed by atoms with E-state index in [2.05, 4.69) is 10.1 Å². The second kappa shape index (κ2) is 5.89. The standard InChI is InChI=1S/C12H16N2O3/c1-8(15)14-11(12(16)17-2)7-9-4-3-5-10(13)6-9/h3-6,11H,7,13H2,1-2H3,(H,14,15)/t11-/m0/s1. The molecule has 1 aromatic rings. The molecule has 3 N–H and O–H groups in total. The first kappa shape index (κ1) is 13.0. The Morgan fingerprint density at radius 2 is 2.18 bits per heavy atom. The topological polar surface area (TPSA) is 81.4 Å². The molecular formula is C12H16N2O3. The zero-order valence-electron chi connectivity index (χ0n) is 9.90. The van der Waals surface area contributed by atoms with Gasteiger partial charge in [0.2, 0.25) is 5.91 Å². The summed E-state index contributed by atoms with van der Waals surface area (Å²) in [6.45, 7) is 1.36. The third-order valence-corrected chi connectivity index (χ3v) is 2.25. The van der Waals surface area contributed by atoms with Crippen LogP contribution < -0.4 is 11.1 Å². The van der Waals surface area contributed by atoms with Crippen molar-refractivity contribution >= 4 is 17.6 Å². The minimum absolute atomic E-state index is 0.274. The number of anilines is 1. The highest BCUT2D eigenvalue weighted by Gasteiger charge is 2.20. The number of hydrogen-bond donors (Lipinski definition) is 2. The van der Waals surface area contributed by atoms with Gasteiger partial charge in [0, 0.05) is 19.0 Å². The Morgan fingerprint density at radius 1 is 1.47 bits per heavy atom. The number of rotatable bonds is 4. The summed E-state index contributed by atoms with van der Waals surface area (Å²) in [5.74, 6) is -0.744. The van der Waals surface area contributed by atoms with Crippen LogP contribution in [0.4, 0.5) is 5.69 Å². The highest BCUT2D eigenvalue weighted by molar-refractivity contribution is 5.83. The summed E-state index contributed by atoms with van der Waals surface area (Å²) >= 11 is 0. The van der Waals surface area contributed by atoms with Crippen LogP contribution in [0, 0.1) is 0 Å². The Kier molecular flexibility index (Phi) is 4.51. The van der Waals surface area contributed by atoms with Crippen LogP contribution in [0.1, 0.15) is 12.5 Å². The van der Waals surface area contributed by atoms with Gasteiger partial charge in [-0.15, -0.1) is 0 Å². The van der Waals surface area contributed by atoms with Crippen molar-refractivity contribution in [3.63, 3.8) is 0 Å². The predicted octanol–water partition coefficient (Wildman–Crippen LogP) is 0.489. The molecule has 1 atom stereocenters. The van der Waals surface area contributed by atoms with E-state index in [-0.39, 0.29) is 5.91 Å². The van der Waals surface area contributed by atoms with E-state index in [1.165, 1.54) is 14.0 Å². The summed E-state index contributed by atoms with van der Waals surface area (Å²) in [5, 5.41) is 2.54. The first-order valence-electron chi connectivity index (χ1n) is 5.22. The molecule has 0 aliphatic carbocycles. The smallest absolute Gasteiger partial charge is 0.328 e. The Labute approximate surface area is 99.9 Å². The number of esters is 1. The molecule has 92 valence electrons. The Bertz CT molecular complexity index is 418. The van der Waals surface area contributed by atoms with E-state index >= 15 is 0 Å². The van der Waals surface area contributed by atoms with Crippen LogP contribution in [0.15, 0.2) is 24.3 Å². The van der Waals surface area contributed by atoms with E-state index in [0.717, 1.165) is 5.56 Å².